The molecule has 1 aromatic heterocycles. The lowest BCUT2D eigenvalue weighted by molar-refractivity contribution is -0.0512. The highest BCUT2D eigenvalue weighted by molar-refractivity contribution is 5.85. The van der Waals surface area contributed by atoms with Crippen molar-refractivity contribution in [2.75, 3.05) is 19.1 Å². The van der Waals surface area contributed by atoms with E-state index in [1.807, 2.05) is 24.3 Å². The van der Waals surface area contributed by atoms with Crippen LogP contribution in [-0.4, -0.2) is 36.0 Å². The van der Waals surface area contributed by atoms with Gasteiger partial charge in [0.25, 0.3) is 0 Å². The number of urea groups is 1. The molecule has 0 bridgehead atoms. The third-order valence-electron chi connectivity index (χ3n) is 3.82. The molecular weight excluding hydrogens is 358 g/mol. The number of para-hydroxylation sites is 2. The number of rotatable bonds is 7. The summed E-state index contributed by atoms with van der Waals surface area (Å²) in [4.78, 5) is 16.2. The van der Waals surface area contributed by atoms with Gasteiger partial charge in [-0.05, 0) is 36.2 Å². The van der Waals surface area contributed by atoms with Crippen LogP contribution in [0.15, 0.2) is 48.8 Å². The van der Waals surface area contributed by atoms with E-state index in [2.05, 4.69) is 20.5 Å². The second-order valence-electron chi connectivity index (χ2n) is 5.58. The van der Waals surface area contributed by atoms with Crippen molar-refractivity contribution in [2.24, 2.45) is 0 Å². The van der Waals surface area contributed by atoms with E-state index in [0.717, 1.165) is 16.6 Å². The Morgan fingerprint density at radius 3 is 2.81 bits per heavy atom. The van der Waals surface area contributed by atoms with E-state index in [1.165, 1.54) is 24.2 Å². The summed E-state index contributed by atoms with van der Waals surface area (Å²) in [5, 5.41) is 2.73. The second kappa shape index (κ2) is 8.35. The van der Waals surface area contributed by atoms with Gasteiger partial charge in [-0.3, -0.25) is 0 Å². The lowest BCUT2D eigenvalue weighted by atomic mass is 10.1. The summed E-state index contributed by atoms with van der Waals surface area (Å²) in [5.41, 5.74) is 5.05. The van der Waals surface area contributed by atoms with Crippen LogP contribution in [0.5, 0.6) is 11.5 Å². The van der Waals surface area contributed by atoms with Crippen molar-refractivity contribution in [2.45, 2.75) is 13.0 Å². The minimum Gasteiger partial charge on any atom is -0.493 e. The van der Waals surface area contributed by atoms with Gasteiger partial charge in [-0.15, -0.1) is 0 Å². The Balaban J connectivity index is 1.54. The molecule has 1 heterocycles. The fourth-order valence-corrected chi connectivity index (χ4v) is 2.58. The van der Waals surface area contributed by atoms with Crippen molar-refractivity contribution in [1.82, 2.24) is 15.0 Å². The SMILES string of the molecule is COc1cc(CCNC(=O)Nn2cnc3ccccc32)ccc1OC(F)F. The van der Waals surface area contributed by atoms with Crippen LogP contribution in [0.25, 0.3) is 11.0 Å². The maximum atomic E-state index is 12.3. The van der Waals surface area contributed by atoms with Crippen LogP contribution >= 0.6 is 0 Å². The number of aromatic nitrogens is 2. The van der Waals surface area contributed by atoms with Gasteiger partial charge in [0.15, 0.2) is 11.5 Å². The summed E-state index contributed by atoms with van der Waals surface area (Å²) in [7, 11) is 1.37. The third kappa shape index (κ3) is 4.63. The minimum absolute atomic E-state index is 0.0334. The number of amides is 2. The zero-order valence-electron chi connectivity index (χ0n) is 14.5. The Hall–Kier alpha value is -3.36. The molecule has 2 amide bonds. The molecule has 2 aromatic carbocycles. The number of halogens is 2. The van der Waals surface area contributed by atoms with E-state index in [-0.39, 0.29) is 17.5 Å². The normalized spacial score (nSPS) is 10.8. The van der Waals surface area contributed by atoms with E-state index < -0.39 is 6.61 Å². The highest BCUT2D eigenvalue weighted by Gasteiger charge is 2.11. The second-order valence-corrected chi connectivity index (χ2v) is 5.58. The monoisotopic (exact) mass is 376 g/mol. The standard InChI is InChI=1S/C18H18F2N4O3/c1-26-16-10-12(6-7-15(16)27-17(19)20)8-9-21-18(25)23-24-11-22-13-4-2-3-5-14(13)24/h2-7,10-11,17H,8-9H2,1H3,(H2,21,23,25). The number of hydrogen-bond acceptors (Lipinski definition) is 4. The Morgan fingerprint density at radius 2 is 2.04 bits per heavy atom. The van der Waals surface area contributed by atoms with Gasteiger partial charge in [0.05, 0.1) is 18.1 Å². The van der Waals surface area contributed by atoms with Gasteiger partial charge < -0.3 is 14.8 Å². The van der Waals surface area contributed by atoms with E-state index in [4.69, 9.17) is 4.74 Å². The first-order valence-electron chi connectivity index (χ1n) is 8.15. The lowest BCUT2D eigenvalue weighted by Crippen LogP contribution is -2.35. The van der Waals surface area contributed by atoms with Gasteiger partial charge in [-0.25, -0.2) is 19.9 Å². The molecule has 0 aliphatic carbocycles. The molecule has 0 atom stereocenters. The van der Waals surface area contributed by atoms with Crippen molar-refractivity contribution in [1.29, 1.82) is 0 Å². The van der Waals surface area contributed by atoms with E-state index in [0.29, 0.717) is 13.0 Å². The number of imidazole rings is 1. The minimum atomic E-state index is -2.92. The fourth-order valence-electron chi connectivity index (χ4n) is 2.58. The summed E-state index contributed by atoms with van der Waals surface area (Å²) in [6.07, 6.45) is 2.01. The molecule has 0 saturated heterocycles. The molecule has 0 fully saturated rings. The van der Waals surface area contributed by atoms with E-state index >= 15 is 0 Å². The highest BCUT2D eigenvalue weighted by atomic mass is 19.3. The topological polar surface area (TPSA) is 77.4 Å². The highest BCUT2D eigenvalue weighted by Crippen LogP contribution is 2.29. The molecule has 27 heavy (non-hydrogen) atoms. The molecule has 0 aliphatic rings. The van der Waals surface area contributed by atoms with Gasteiger partial charge in [-0.2, -0.15) is 8.78 Å². The van der Waals surface area contributed by atoms with Crippen molar-refractivity contribution < 1.29 is 23.0 Å². The fraction of sp³-hybridized carbons (Fsp3) is 0.222. The van der Waals surface area contributed by atoms with Crippen molar-refractivity contribution >= 4 is 17.1 Å². The van der Waals surface area contributed by atoms with Crippen molar-refractivity contribution in [3.05, 3.63) is 54.4 Å². The first-order chi connectivity index (χ1) is 13.1. The predicted octanol–water partition coefficient (Wildman–Crippen LogP) is 3.14. The number of carbonyl (C=O) groups excluding carboxylic acids is 1. The average Bonchev–Trinajstić information content (AvgIpc) is 3.05. The van der Waals surface area contributed by atoms with E-state index in [1.54, 1.807) is 12.1 Å². The number of alkyl halides is 2. The van der Waals surface area contributed by atoms with Crippen LogP contribution in [0.1, 0.15) is 5.56 Å². The molecule has 142 valence electrons. The number of nitrogens with one attached hydrogen (secondary N) is 2. The number of benzene rings is 2. The van der Waals surface area contributed by atoms with Crippen LogP contribution in [0, 0.1) is 0 Å². The van der Waals surface area contributed by atoms with Gasteiger partial charge in [0, 0.05) is 6.54 Å². The summed E-state index contributed by atoms with van der Waals surface area (Å²) in [5.74, 6) is 0.177. The lowest BCUT2D eigenvalue weighted by Gasteiger charge is -2.12. The van der Waals surface area contributed by atoms with E-state index in [9.17, 15) is 13.6 Å². The first-order valence-corrected chi connectivity index (χ1v) is 8.15. The molecular formula is C18H18F2N4O3. The van der Waals surface area contributed by atoms with Gasteiger partial charge in [0.2, 0.25) is 0 Å². The van der Waals surface area contributed by atoms with Gasteiger partial charge in [0.1, 0.15) is 6.33 Å². The Kier molecular flexibility index (Phi) is 5.70. The van der Waals surface area contributed by atoms with Crippen molar-refractivity contribution in [3.8, 4) is 11.5 Å². The third-order valence-corrected chi connectivity index (χ3v) is 3.82. The quantitative estimate of drug-likeness (QED) is 0.664. The molecule has 3 aromatic rings. The number of ether oxygens (including phenoxy) is 2. The summed E-state index contributed by atoms with van der Waals surface area (Å²) < 4.78 is 35.7. The Bertz CT molecular complexity index is 930. The molecule has 9 heteroatoms. The van der Waals surface area contributed by atoms with Crippen LogP contribution < -0.4 is 20.2 Å². The molecule has 7 nitrogen and oxygen atoms in total. The number of nitrogens with zero attached hydrogens (tertiary/aromatic N) is 2. The molecule has 0 aliphatic heterocycles. The number of hydrogen-bond donors (Lipinski definition) is 2. The number of fused-ring (bicyclic) bond motifs is 1. The van der Waals surface area contributed by atoms with Crippen molar-refractivity contribution in [3.63, 3.8) is 0 Å². The summed E-state index contributed by atoms with van der Waals surface area (Å²) in [6.45, 7) is -2.58. The molecule has 2 N–H and O–H groups in total. The Morgan fingerprint density at radius 1 is 1.22 bits per heavy atom. The summed E-state index contributed by atoms with van der Waals surface area (Å²) >= 11 is 0. The predicted molar refractivity (Wildman–Crippen MR) is 95.8 cm³/mol. The van der Waals surface area contributed by atoms with Crippen LogP contribution in [0.3, 0.4) is 0 Å². The molecule has 0 saturated carbocycles. The molecule has 0 unspecified atom stereocenters. The first kappa shape index (κ1) is 18.4. The molecule has 3 rings (SSSR count). The van der Waals surface area contributed by atoms with Gasteiger partial charge in [-0.1, -0.05) is 18.2 Å². The van der Waals surface area contributed by atoms with Crippen LogP contribution in [-0.2, 0) is 6.42 Å². The maximum absolute atomic E-state index is 12.3. The zero-order valence-corrected chi connectivity index (χ0v) is 14.5. The number of carbonyl (C=O) groups is 1. The average molecular weight is 376 g/mol. The Labute approximate surface area is 153 Å². The summed E-state index contributed by atoms with van der Waals surface area (Å²) in [6, 6.07) is 11.7. The maximum Gasteiger partial charge on any atom is 0.387 e. The van der Waals surface area contributed by atoms with Crippen LogP contribution in [0.2, 0.25) is 0 Å². The zero-order chi connectivity index (χ0) is 19.2. The van der Waals surface area contributed by atoms with Crippen LogP contribution in [0.4, 0.5) is 13.6 Å². The number of methoxy groups -OCH3 is 1. The molecule has 0 radical (unpaired) electrons. The largest absolute Gasteiger partial charge is 0.493 e. The molecule has 0 spiro atoms. The smallest absolute Gasteiger partial charge is 0.387 e. The van der Waals surface area contributed by atoms with Gasteiger partial charge >= 0.3 is 12.6 Å².